The summed E-state index contributed by atoms with van der Waals surface area (Å²) in [6, 6.07) is 0.532. The summed E-state index contributed by atoms with van der Waals surface area (Å²) in [5.74, 6) is 1.00. The maximum Gasteiger partial charge on any atom is 0.0406 e. The first-order valence-electron chi connectivity index (χ1n) is 3.85. The van der Waals surface area contributed by atoms with Gasteiger partial charge in [0.1, 0.15) is 0 Å². The molecule has 0 amide bonds. The standard InChI is InChI=1S/C7H12N2/c8-6-4-9-2-1-5-3-7(5,6)9/h5-6H,1-4,8H2. The van der Waals surface area contributed by atoms with E-state index in [4.69, 9.17) is 5.73 Å². The molecule has 0 aromatic carbocycles. The summed E-state index contributed by atoms with van der Waals surface area (Å²) in [5, 5.41) is 0. The maximum absolute atomic E-state index is 5.90. The van der Waals surface area contributed by atoms with Gasteiger partial charge in [0.25, 0.3) is 0 Å². The van der Waals surface area contributed by atoms with Crippen molar-refractivity contribution in [2.75, 3.05) is 13.1 Å². The van der Waals surface area contributed by atoms with E-state index in [2.05, 4.69) is 4.90 Å². The van der Waals surface area contributed by atoms with Crippen LogP contribution in [0.1, 0.15) is 12.8 Å². The molecule has 3 atom stereocenters. The topological polar surface area (TPSA) is 29.3 Å². The fourth-order valence-electron chi connectivity index (χ4n) is 2.83. The molecule has 0 bridgehead atoms. The average Bonchev–Trinajstić information content (AvgIpc) is 2.52. The van der Waals surface area contributed by atoms with E-state index in [1.165, 1.54) is 25.9 Å². The molecule has 3 unspecified atom stereocenters. The second-order valence-electron chi connectivity index (χ2n) is 3.73. The van der Waals surface area contributed by atoms with Crippen molar-refractivity contribution in [3.05, 3.63) is 0 Å². The lowest BCUT2D eigenvalue weighted by atomic mass is 9.95. The van der Waals surface area contributed by atoms with Crippen LogP contribution in [0.5, 0.6) is 0 Å². The van der Waals surface area contributed by atoms with E-state index in [9.17, 15) is 0 Å². The van der Waals surface area contributed by atoms with Gasteiger partial charge in [0.05, 0.1) is 0 Å². The maximum atomic E-state index is 5.90. The van der Waals surface area contributed by atoms with E-state index >= 15 is 0 Å². The summed E-state index contributed by atoms with van der Waals surface area (Å²) in [5.41, 5.74) is 6.47. The third-order valence-electron chi connectivity index (χ3n) is 3.52. The smallest absolute Gasteiger partial charge is 0.0406 e. The lowest BCUT2D eigenvalue weighted by molar-refractivity contribution is 0.0664. The zero-order valence-corrected chi connectivity index (χ0v) is 5.51. The highest BCUT2D eigenvalue weighted by molar-refractivity contribution is 5.27. The molecular weight excluding hydrogens is 112 g/mol. The summed E-state index contributed by atoms with van der Waals surface area (Å²) in [7, 11) is 0. The molecule has 1 saturated carbocycles. The average molecular weight is 124 g/mol. The van der Waals surface area contributed by atoms with Crippen molar-refractivity contribution in [3.63, 3.8) is 0 Å². The Balaban J connectivity index is 1.98. The van der Waals surface area contributed by atoms with Gasteiger partial charge in [-0.1, -0.05) is 0 Å². The Hall–Kier alpha value is -0.0800. The van der Waals surface area contributed by atoms with Gasteiger partial charge in [-0.3, -0.25) is 4.90 Å². The monoisotopic (exact) mass is 124 g/mol. The third-order valence-corrected chi connectivity index (χ3v) is 3.52. The van der Waals surface area contributed by atoms with Crippen molar-refractivity contribution >= 4 is 0 Å². The molecule has 2 saturated heterocycles. The molecule has 1 spiro atoms. The SMILES string of the molecule is NC1CN2CCC3CC132. The van der Waals surface area contributed by atoms with Crippen LogP contribution in [0.3, 0.4) is 0 Å². The highest BCUT2D eigenvalue weighted by Crippen LogP contribution is 2.61. The van der Waals surface area contributed by atoms with Gasteiger partial charge in [-0.05, 0) is 25.3 Å². The van der Waals surface area contributed by atoms with Gasteiger partial charge in [0.15, 0.2) is 0 Å². The molecule has 3 aliphatic rings. The first-order chi connectivity index (χ1) is 4.34. The predicted molar refractivity (Wildman–Crippen MR) is 35.0 cm³/mol. The van der Waals surface area contributed by atoms with Gasteiger partial charge in [0, 0.05) is 18.1 Å². The molecule has 3 rings (SSSR count). The Morgan fingerprint density at radius 2 is 2.44 bits per heavy atom. The fraction of sp³-hybridized carbons (Fsp3) is 1.00. The minimum absolute atomic E-state index is 0.532. The molecule has 3 fully saturated rings. The summed E-state index contributed by atoms with van der Waals surface area (Å²) < 4.78 is 0. The number of nitrogens with zero attached hydrogens (tertiary/aromatic N) is 1. The summed E-state index contributed by atoms with van der Waals surface area (Å²) in [6.07, 6.45) is 2.84. The highest BCUT2D eigenvalue weighted by atomic mass is 15.4. The molecule has 9 heavy (non-hydrogen) atoms. The summed E-state index contributed by atoms with van der Waals surface area (Å²) in [4.78, 5) is 2.57. The molecule has 0 radical (unpaired) electrons. The van der Waals surface area contributed by atoms with Gasteiger partial charge < -0.3 is 5.73 Å². The van der Waals surface area contributed by atoms with Gasteiger partial charge >= 0.3 is 0 Å². The number of hydrogen-bond donors (Lipinski definition) is 1. The molecule has 2 heterocycles. The Labute approximate surface area is 55.0 Å². The van der Waals surface area contributed by atoms with E-state index in [0.717, 1.165) is 5.92 Å². The Bertz CT molecular complexity index is 162. The van der Waals surface area contributed by atoms with Gasteiger partial charge in [-0.25, -0.2) is 0 Å². The quantitative estimate of drug-likeness (QED) is 0.484. The largest absolute Gasteiger partial charge is 0.325 e. The number of piperidine rings is 1. The number of hydrogen-bond acceptors (Lipinski definition) is 2. The van der Waals surface area contributed by atoms with Crippen LogP contribution < -0.4 is 5.73 Å². The van der Waals surface area contributed by atoms with E-state index in [-0.39, 0.29) is 0 Å². The molecule has 0 aromatic rings. The van der Waals surface area contributed by atoms with Crippen molar-refractivity contribution in [2.24, 2.45) is 11.7 Å². The molecule has 0 aromatic heterocycles. The minimum atomic E-state index is 0.532. The number of rotatable bonds is 0. The number of nitrogens with two attached hydrogens (primary N) is 1. The minimum Gasteiger partial charge on any atom is -0.325 e. The highest BCUT2D eigenvalue weighted by Gasteiger charge is 2.70. The summed E-state index contributed by atoms with van der Waals surface area (Å²) >= 11 is 0. The summed E-state index contributed by atoms with van der Waals surface area (Å²) in [6.45, 7) is 2.51. The zero-order valence-electron chi connectivity index (χ0n) is 5.51. The first kappa shape index (κ1) is 4.69. The van der Waals surface area contributed by atoms with Gasteiger partial charge in [0.2, 0.25) is 0 Å². The molecule has 2 nitrogen and oxygen atoms in total. The second-order valence-corrected chi connectivity index (χ2v) is 3.73. The normalized spacial score (nSPS) is 62.3. The molecule has 50 valence electrons. The molecule has 2 heteroatoms. The fourth-order valence-corrected chi connectivity index (χ4v) is 2.83. The Morgan fingerprint density at radius 1 is 1.56 bits per heavy atom. The van der Waals surface area contributed by atoms with Crippen LogP contribution in [0.4, 0.5) is 0 Å². The van der Waals surface area contributed by atoms with Crippen LogP contribution in [-0.4, -0.2) is 29.6 Å². The van der Waals surface area contributed by atoms with Crippen LogP contribution in [0.2, 0.25) is 0 Å². The zero-order chi connectivity index (χ0) is 6.06. The van der Waals surface area contributed by atoms with E-state index in [1.54, 1.807) is 0 Å². The third kappa shape index (κ3) is 0.310. The molecule has 1 aliphatic carbocycles. The van der Waals surface area contributed by atoms with Crippen molar-refractivity contribution in [1.82, 2.24) is 4.90 Å². The molecule has 2 N–H and O–H groups in total. The van der Waals surface area contributed by atoms with Crippen molar-refractivity contribution < 1.29 is 0 Å². The molecule has 2 aliphatic heterocycles. The van der Waals surface area contributed by atoms with Crippen LogP contribution in [0.15, 0.2) is 0 Å². The van der Waals surface area contributed by atoms with Crippen molar-refractivity contribution in [2.45, 2.75) is 24.4 Å². The van der Waals surface area contributed by atoms with Gasteiger partial charge in [-0.15, -0.1) is 0 Å². The lowest BCUT2D eigenvalue weighted by Crippen LogP contribution is -2.65. The predicted octanol–water partition coefficient (Wildman–Crippen LogP) is -0.208. The molecular formula is C7H12N2. The van der Waals surface area contributed by atoms with Crippen LogP contribution in [-0.2, 0) is 0 Å². The van der Waals surface area contributed by atoms with E-state index < -0.39 is 0 Å². The van der Waals surface area contributed by atoms with Crippen LogP contribution in [0.25, 0.3) is 0 Å². The van der Waals surface area contributed by atoms with Crippen LogP contribution >= 0.6 is 0 Å². The first-order valence-corrected chi connectivity index (χ1v) is 3.85. The lowest BCUT2D eigenvalue weighted by Gasteiger charge is -2.45. The van der Waals surface area contributed by atoms with Gasteiger partial charge in [-0.2, -0.15) is 0 Å². The van der Waals surface area contributed by atoms with Crippen molar-refractivity contribution in [1.29, 1.82) is 0 Å². The van der Waals surface area contributed by atoms with E-state index in [1.807, 2.05) is 0 Å². The van der Waals surface area contributed by atoms with Crippen molar-refractivity contribution in [3.8, 4) is 0 Å². The second kappa shape index (κ2) is 1.06. The Morgan fingerprint density at radius 3 is 2.89 bits per heavy atom. The van der Waals surface area contributed by atoms with E-state index in [0.29, 0.717) is 11.6 Å². The van der Waals surface area contributed by atoms with Crippen LogP contribution in [0, 0.1) is 5.92 Å². The Kier molecular flexibility index (Phi) is 0.552.